The molecule has 0 heterocycles. The number of halogens is 2. The number of carbonyl (C=O) groups excluding carboxylic acids is 1. The molecule has 1 aromatic rings. The van der Waals surface area contributed by atoms with Crippen LogP contribution >= 0.6 is 23.2 Å². The molecule has 1 aliphatic rings. The molecule has 0 bridgehead atoms. The summed E-state index contributed by atoms with van der Waals surface area (Å²) in [7, 11) is 0. The van der Waals surface area contributed by atoms with Crippen molar-refractivity contribution >= 4 is 29.1 Å². The third kappa shape index (κ3) is 5.38. The summed E-state index contributed by atoms with van der Waals surface area (Å²) < 4.78 is 5.39. The van der Waals surface area contributed by atoms with E-state index in [9.17, 15) is 4.79 Å². The number of carbonyl (C=O) groups is 1. The molecule has 1 fully saturated rings. The number of ether oxygens (including phenoxy) is 1. The summed E-state index contributed by atoms with van der Waals surface area (Å²) in [4.78, 5) is 11.9. The van der Waals surface area contributed by atoms with Crippen molar-refractivity contribution in [2.45, 2.75) is 31.7 Å². The predicted octanol–water partition coefficient (Wildman–Crippen LogP) is 3.04. The quantitative estimate of drug-likeness (QED) is 0.871. The van der Waals surface area contributed by atoms with Crippen molar-refractivity contribution < 1.29 is 14.6 Å². The molecule has 1 aromatic carbocycles. The summed E-state index contributed by atoms with van der Waals surface area (Å²) in [6.45, 7) is 0.176. The van der Waals surface area contributed by atoms with Crippen molar-refractivity contribution in [2.75, 3.05) is 13.2 Å². The first-order valence-electron chi connectivity index (χ1n) is 7.06. The second-order valence-corrected chi connectivity index (χ2v) is 6.23. The highest BCUT2D eigenvalue weighted by atomic mass is 35.5. The van der Waals surface area contributed by atoms with Gasteiger partial charge in [-0.1, -0.05) is 23.2 Å². The Hall–Kier alpha value is -0.970. The molecule has 0 atom stereocenters. The van der Waals surface area contributed by atoms with Crippen LogP contribution in [-0.4, -0.2) is 30.3 Å². The largest absolute Gasteiger partial charge is 0.484 e. The van der Waals surface area contributed by atoms with E-state index in [-0.39, 0.29) is 25.2 Å². The van der Waals surface area contributed by atoms with Gasteiger partial charge in [-0.25, -0.2) is 0 Å². The molecule has 0 unspecified atom stereocenters. The zero-order valence-electron chi connectivity index (χ0n) is 11.6. The number of hydrogen-bond donors (Lipinski definition) is 2. The zero-order valence-corrected chi connectivity index (χ0v) is 13.2. The van der Waals surface area contributed by atoms with Gasteiger partial charge in [0.15, 0.2) is 6.61 Å². The topological polar surface area (TPSA) is 58.6 Å². The van der Waals surface area contributed by atoms with E-state index in [0.29, 0.717) is 21.7 Å². The fourth-order valence-corrected chi connectivity index (χ4v) is 3.03. The summed E-state index contributed by atoms with van der Waals surface area (Å²) in [5, 5.41) is 13.0. The van der Waals surface area contributed by atoms with Crippen LogP contribution in [0, 0.1) is 5.92 Å². The Labute approximate surface area is 134 Å². The van der Waals surface area contributed by atoms with E-state index in [2.05, 4.69) is 5.32 Å². The van der Waals surface area contributed by atoms with Crippen LogP contribution in [0.15, 0.2) is 18.2 Å². The Kier molecular flexibility index (Phi) is 6.15. The van der Waals surface area contributed by atoms with Gasteiger partial charge in [-0.3, -0.25) is 4.79 Å². The maximum Gasteiger partial charge on any atom is 0.258 e. The number of aliphatic hydroxyl groups excluding tert-OH is 1. The summed E-state index contributed by atoms with van der Waals surface area (Å²) in [6.07, 6.45) is 3.71. The van der Waals surface area contributed by atoms with Gasteiger partial charge in [-0.2, -0.15) is 0 Å². The minimum atomic E-state index is -0.154. The van der Waals surface area contributed by atoms with Gasteiger partial charge < -0.3 is 15.2 Å². The first kappa shape index (κ1) is 16.4. The molecule has 0 radical (unpaired) electrons. The smallest absolute Gasteiger partial charge is 0.258 e. The normalized spacial score (nSPS) is 21.9. The van der Waals surface area contributed by atoms with Gasteiger partial charge in [-0.05, 0) is 49.8 Å². The first-order valence-corrected chi connectivity index (χ1v) is 7.81. The summed E-state index contributed by atoms with van der Waals surface area (Å²) >= 11 is 11.7. The van der Waals surface area contributed by atoms with Crippen LogP contribution in [0.3, 0.4) is 0 Å². The third-order valence-corrected chi connectivity index (χ3v) is 4.11. The lowest BCUT2D eigenvalue weighted by molar-refractivity contribution is -0.124. The highest BCUT2D eigenvalue weighted by Crippen LogP contribution is 2.25. The van der Waals surface area contributed by atoms with Gasteiger partial charge in [0.05, 0.1) is 0 Å². The van der Waals surface area contributed by atoms with Crippen LogP contribution in [0.5, 0.6) is 5.75 Å². The molecule has 116 valence electrons. The van der Waals surface area contributed by atoms with E-state index in [0.717, 1.165) is 25.7 Å². The minimum Gasteiger partial charge on any atom is -0.484 e. The highest BCUT2D eigenvalue weighted by Gasteiger charge is 2.21. The molecule has 1 saturated carbocycles. The molecule has 0 aliphatic heterocycles. The van der Waals surface area contributed by atoms with Gasteiger partial charge in [0.25, 0.3) is 5.91 Å². The van der Waals surface area contributed by atoms with E-state index >= 15 is 0 Å². The van der Waals surface area contributed by atoms with Crippen LogP contribution in [0.25, 0.3) is 0 Å². The lowest BCUT2D eigenvalue weighted by Gasteiger charge is -2.27. The fourth-order valence-electron chi connectivity index (χ4n) is 2.52. The lowest BCUT2D eigenvalue weighted by Crippen LogP contribution is -2.40. The number of nitrogens with one attached hydrogen (secondary N) is 1. The summed E-state index contributed by atoms with van der Waals surface area (Å²) in [6, 6.07) is 5.02. The fraction of sp³-hybridized carbons (Fsp3) is 0.533. The van der Waals surface area contributed by atoms with Crippen molar-refractivity contribution in [3.8, 4) is 5.75 Å². The standard InChI is InChI=1S/C15H19Cl2NO3/c16-11-5-12(17)7-14(6-11)21-9-15(20)18-13-3-1-10(8-19)2-4-13/h5-7,10,13,19H,1-4,8-9H2,(H,18,20). The molecular weight excluding hydrogens is 313 g/mol. The van der Waals surface area contributed by atoms with Gasteiger partial charge in [-0.15, -0.1) is 0 Å². The summed E-state index contributed by atoms with van der Waals surface area (Å²) in [5.74, 6) is 0.702. The van der Waals surface area contributed by atoms with Crippen molar-refractivity contribution in [2.24, 2.45) is 5.92 Å². The molecule has 1 aliphatic carbocycles. The van der Waals surface area contributed by atoms with Crippen molar-refractivity contribution in [3.05, 3.63) is 28.2 Å². The average Bonchev–Trinajstić information content (AvgIpc) is 2.45. The van der Waals surface area contributed by atoms with Gasteiger partial charge in [0, 0.05) is 22.7 Å². The minimum absolute atomic E-state index is 0.0589. The molecule has 2 rings (SSSR count). The molecule has 2 N–H and O–H groups in total. The van der Waals surface area contributed by atoms with Crippen LogP contribution in [0.2, 0.25) is 10.0 Å². The molecule has 4 nitrogen and oxygen atoms in total. The Morgan fingerprint density at radius 3 is 2.38 bits per heavy atom. The second kappa shape index (κ2) is 7.87. The van der Waals surface area contributed by atoms with Crippen LogP contribution in [0.4, 0.5) is 0 Å². The van der Waals surface area contributed by atoms with E-state index in [1.54, 1.807) is 18.2 Å². The maximum absolute atomic E-state index is 11.9. The zero-order chi connectivity index (χ0) is 15.2. The Morgan fingerprint density at radius 2 is 1.81 bits per heavy atom. The number of hydrogen-bond acceptors (Lipinski definition) is 3. The monoisotopic (exact) mass is 331 g/mol. The van der Waals surface area contributed by atoms with Crippen LogP contribution in [0.1, 0.15) is 25.7 Å². The summed E-state index contributed by atoms with van der Waals surface area (Å²) in [5.41, 5.74) is 0. The molecule has 0 aromatic heterocycles. The Balaban J connectivity index is 1.75. The molecule has 1 amide bonds. The molecule has 6 heteroatoms. The number of aliphatic hydroxyl groups is 1. The lowest BCUT2D eigenvalue weighted by atomic mass is 9.86. The second-order valence-electron chi connectivity index (χ2n) is 5.36. The Bertz CT molecular complexity index is 468. The molecule has 0 spiro atoms. The van der Waals surface area contributed by atoms with Gasteiger partial charge in [0.1, 0.15) is 5.75 Å². The van der Waals surface area contributed by atoms with Gasteiger partial charge in [0.2, 0.25) is 0 Å². The van der Waals surface area contributed by atoms with Crippen molar-refractivity contribution in [3.63, 3.8) is 0 Å². The van der Waals surface area contributed by atoms with E-state index in [1.807, 2.05) is 0 Å². The predicted molar refractivity (Wildman–Crippen MR) is 82.9 cm³/mol. The first-order chi connectivity index (χ1) is 10.1. The van der Waals surface area contributed by atoms with Crippen LogP contribution in [-0.2, 0) is 4.79 Å². The van der Waals surface area contributed by atoms with Crippen molar-refractivity contribution in [1.82, 2.24) is 5.32 Å². The molecule has 0 saturated heterocycles. The van der Waals surface area contributed by atoms with Crippen LogP contribution < -0.4 is 10.1 Å². The third-order valence-electron chi connectivity index (χ3n) is 3.68. The maximum atomic E-state index is 11.9. The molecular formula is C15H19Cl2NO3. The molecule has 21 heavy (non-hydrogen) atoms. The number of benzene rings is 1. The average molecular weight is 332 g/mol. The van der Waals surface area contributed by atoms with E-state index < -0.39 is 0 Å². The number of amides is 1. The highest BCUT2D eigenvalue weighted by molar-refractivity contribution is 6.34. The van der Waals surface area contributed by atoms with Gasteiger partial charge >= 0.3 is 0 Å². The van der Waals surface area contributed by atoms with Crippen molar-refractivity contribution in [1.29, 1.82) is 0 Å². The van der Waals surface area contributed by atoms with E-state index in [4.69, 9.17) is 33.0 Å². The number of rotatable bonds is 5. The Morgan fingerprint density at radius 1 is 1.19 bits per heavy atom. The SMILES string of the molecule is O=C(COc1cc(Cl)cc(Cl)c1)NC1CCC(CO)CC1. The van der Waals surface area contributed by atoms with E-state index in [1.165, 1.54) is 0 Å².